The largest absolute Gasteiger partial charge is 0.389 e. The van der Waals surface area contributed by atoms with Crippen molar-refractivity contribution in [3.63, 3.8) is 0 Å². The van der Waals surface area contributed by atoms with Gasteiger partial charge in [-0.3, -0.25) is 14.5 Å². The molecule has 0 unspecified atom stereocenters. The van der Waals surface area contributed by atoms with Gasteiger partial charge in [-0.05, 0) is 24.3 Å². The number of nitrogens with zero attached hydrogens (tertiary/aromatic N) is 1. The van der Waals surface area contributed by atoms with Crippen molar-refractivity contribution >= 4 is 17.5 Å². The molecule has 1 aliphatic rings. The maximum absolute atomic E-state index is 13.5. The molecule has 1 heterocycles. The lowest BCUT2D eigenvalue weighted by Gasteiger charge is -2.19. The van der Waals surface area contributed by atoms with Crippen LogP contribution in [0, 0.1) is 5.82 Å². The van der Waals surface area contributed by atoms with Crippen molar-refractivity contribution in [3.05, 3.63) is 65.5 Å². The molecule has 2 aromatic rings. The zero-order chi connectivity index (χ0) is 16.4. The molecule has 3 rings (SSSR count). The van der Waals surface area contributed by atoms with Crippen molar-refractivity contribution < 1.29 is 19.1 Å². The van der Waals surface area contributed by atoms with Crippen molar-refractivity contribution in [2.24, 2.45) is 0 Å². The van der Waals surface area contributed by atoms with Gasteiger partial charge in [0.2, 0.25) is 0 Å². The van der Waals surface area contributed by atoms with Gasteiger partial charge in [-0.25, -0.2) is 4.39 Å². The molecule has 2 amide bonds. The average molecular weight is 314 g/mol. The Balaban J connectivity index is 1.63. The predicted octanol–water partition coefficient (Wildman–Crippen LogP) is 1.89. The molecule has 0 saturated carbocycles. The highest BCUT2D eigenvalue weighted by Gasteiger charge is 2.35. The van der Waals surface area contributed by atoms with E-state index in [-0.39, 0.29) is 18.8 Å². The van der Waals surface area contributed by atoms with Crippen LogP contribution < -0.4 is 5.32 Å². The maximum atomic E-state index is 13.5. The minimum atomic E-state index is -1.00. The number of β-amino-alcohol motifs (C(OH)–C–C–N with tert-alkyl or cyclic N) is 1. The number of hydrogen-bond acceptors (Lipinski definition) is 4. The summed E-state index contributed by atoms with van der Waals surface area (Å²) < 4.78 is 13.5. The van der Waals surface area contributed by atoms with E-state index in [0.29, 0.717) is 11.1 Å². The van der Waals surface area contributed by atoms with Crippen LogP contribution in [0.2, 0.25) is 0 Å². The number of nitrogens with one attached hydrogen (secondary N) is 1. The van der Waals surface area contributed by atoms with E-state index >= 15 is 0 Å². The van der Waals surface area contributed by atoms with Crippen molar-refractivity contribution in [1.82, 2.24) is 4.90 Å². The smallest absolute Gasteiger partial charge is 0.261 e. The number of carbonyl (C=O) groups is 2. The maximum Gasteiger partial charge on any atom is 0.261 e. The molecule has 1 aliphatic heterocycles. The molecule has 0 aliphatic carbocycles. The number of para-hydroxylation sites is 1. The van der Waals surface area contributed by atoms with Gasteiger partial charge < -0.3 is 10.4 Å². The molecule has 0 radical (unpaired) electrons. The molecular formula is C17H15FN2O3. The number of aliphatic hydroxyl groups is 1. The lowest BCUT2D eigenvalue weighted by atomic mass is 10.1. The van der Waals surface area contributed by atoms with Gasteiger partial charge in [0.05, 0.1) is 29.5 Å². The molecule has 2 N–H and O–H groups in total. The number of benzene rings is 2. The molecule has 5 nitrogen and oxygen atoms in total. The molecule has 0 saturated heterocycles. The van der Waals surface area contributed by atoms with E-state index in [0.717, 1.165) is 4.90 Å². The van der Waals surface area contributed by atoms with Crippen LogP contribution in [0.3, 0.4) is 0 Å². The van der Waals surface area contributed by atoms with Gasteiger partial charge in [0.25, 0.3) is 11.8 Å². The Kier molecular flexibility index (Phi) is 4.08. The van der Waals surface area contributed by atoms with Crippen LogP contribution in [0.5, 0.6) is 0 Å². The predicted molar refractivity (Wildman–Crippen MR) is 82.7 cm³/mol. The van der Waals surface area contributed by atoms with Crippen molar-refractivity contribution in [1.29, 1.82) is 0 Å². The van der Waals surface area contributed by atoms with E-state index in [4.69, 9.17) is 0 Å². The van der Waals surface area contributed by atoms with Crippen LogP contribution in [-0.4, -0.2) is 41.0 Å². The molecule has 0 aromatic heterocycles. The topological polar surface area (TPSA) is 69.6 Å². The first-order chi connectivity index (χ1) is 11.1. The van der Waals surface area contributed by atoms with Gasteiger partial charge in [-0.1, -0.05) is 24.3 Å². The number of anilines is 1. The highest BCUT2D eigenvalue weighted by Crippen LogP contribution is 2.22. The summed E-state index contributed by atoms with van der Waals surface area (Å²) >= 11 is 0. The number of aliphatic hydroxyl groups excluding tert-OH is 1. The normalized spacial score (nSPS) is 14.8. The highest BCUT2D eigenvalue weighted by molar-refractivity contribution is 6.21. The van der Waals surface area contributed by atoms with Gasteiger partial charge in [0.1, 0.15) is 5.82 Å². The third kappa shape index (κ3) is 2.93. The Morgan fingerprint density at radius 3 is 2.17 bits per heavy atom. The average Bonchev–Trinajstić information content (AvgIpc) is 2.80. The summed E-state index contributed by atoms with van der Waals surface area (Å²) in [5.41, 5.74) is 0.937. The molecule has 6 heteroatoms. The van der Waals surface area contributed by atoms with Crippen LogP contribution in [-0.2, 0) is 0 Å². The van der Waals surface area contributed by atoms with E-state index < -0.39 is 23.7 Å². The van der Waals surface area contributed by atoms with Crippen LogP contribution in [0.25, 0.3) is 0 Å². The molecule has 23 heavy (non-hydrogen) atoms. The number of rotatable bonds is 5. The van der Waals surface area contributed by atoms with Gasteiger partial charge in [-0.15, -0.1) is 0 Å². The van der Waals surface area contributed by atoms with Gasteiger partial charge >= 0.3 is 0 Å². The Hall–Kier alpha value is -2.73. The molecule has 0 spiro atoms. The van der Waals surface area contributed by atoms with Crippen LogP contribution >= 0.6 is 0 Å². The minimum Gasteiger partial charge on any atom is -0.389 e. The summed E-state index contributed by atoms with van der Waals surface area (Å²) in [5.74, 6) is -1.27. The van der Waals surface area contributed by atoms with Gasteiger partial charge in [0, 0.05) is 6.54 Å². The standard InChI is InChI=1S/C17H15FN2O3/c18-14-7-3-4-8-15(14)19-9-11(21)10-20-16(22)12-5-1-2-6-13(12)17(20)23/h1-8,11,19,21H,9-10H2/t11-/m1/s1. The van der Waals surface area contributed by atoms with Crippen molar-refractivity contribution in [2.75, 3.05) is 18.4 Å². The summed E-state index contributed by atoms with van der Waals surface area (Å²) in [7, 11) is 0. The molecule has 2 aromatic carbocycles. The Bertz CT molecular complexity index is 728. The Morgan fingerprint density at radius 2 is 1.57 bits per heavy atom. The fourth-order valence-electron chi connectivity index (χ4n) is 2.51. The summed E-state index contributed by atoms with van der Waals surface area (Å²) in [6, 6.07) is 12.6. The van der Waals surface area contributed by atoms with Crippen LogP contribution in [0.4, 0.5) is 10.1 Å². The summed E-state index contributed by atoms with van der Waals surface area (Å²) in [6.45, 7) is -0.123. The fraction of sp³-hybridized carbons (Fsp3) is 0.176. The van der Waals surface area contributed by atoms with E-state index in [1.54, 1.807) is 42.5 Å². The van der Waals surface area contributed by atoms with E-state index in [1.165, 1.54) is 6.07 Å². The quantitative estimate of drug-likeness (QED) is 0.827. The van der Waals surface area contributed by atoms with Crippen LogP contribution in [0.1, 0.15) is 20.7 Å². The second-order valence-electron chi connectivity index (χ2n) is 5.28. The second-order valence-corrected chi connectivity index (χ2v) is 5.28. The number of imide groups is 1. The lowest BCUT2D eigenvalue weighted by molar-refractivity contribution is 0.0557. The summed E-state index contributed by atoms with van der Waals surface area (Å²) in [5, 5.41) is 12.8. The van der Waals surface area contributed by atoms with E-state index in [1.807, 2.05) is 0 Å². The first-order valence-electron chi connectivity index (χ1n) is 7.19. The first-order valence-corrected chi connectivity index (χ1v) is 7.19. The molecule has 0 fully saturated rings. The SMILES string of the molecule is O=C1c2ccccc2C(=O)N1C[C@H](O)CNc1ccccc1F. The Labute approximate surface area is 132 Å². The zero-order valence-corrected chi connectivity index (χ0v) is 12.2. The fourth-order valence-corrected chi connectivity index (χ4v) is 2.51. The number of amides is 2. The number of carbonyl (C=O) groups excluding carboxylic acids is 2. The zero-order valence-electron chi connectivity index (χ0n) is 12.2. The Morgan fingerprint density at radius 1 is 1.00 bits per heavy atom. The second kappa shape index (κ2) is 6.18. The van der Waals surface area contributed by atoms with Gasteiger partial charge in [0.15, 0.2) is 0 Å². The monoisotopic (exact) mass is 314 g/mol. The molecule has 0 bridgehead atoms. The van der Waals surface area contributed by atoms with Crippen LogP contribution in [0.15, 0.2) is 48.5 Å². The third-order valence-corrected chi connectivity index (χ3v) is 3.67. The molecular weight excluding hydrogens is 299 g/mol. The number of hydrogen-bond donors (Lipinski definition) is 2. The van der Waals surface area contributed by atoms with Crippen molar-refractivity contribution in [3.8, 4) is 0 Å². The van der Waals surface area contributed by atoms with Crippen molar-refractivity contribution in [2.45, 2.75) is 6.10 Å². The molecule has 1 atom stereocenters. The highest BCUT2D eigenvalue weighted by atomic mass is 19.1. The van der Waals surface area contributed by atoms with E-state index in [9.17, 15) is 19.1 Å². The number of halogens is 1. The van der Waals surface area contributed by atoms with Gasteiger partial charge in [-0.2, -0.15) is 0 Å². The summed E-state index contributed by atoms with van der Waals surface area (Å²) in [6.07, 6.45) is -1.00. The number of fused-ring (bicyclic) bond motifs is 1. The minimum absolute atomic E-state index is 0.0222. The summed E-state index contributed by atoms with van der Waals surface area (Å²) in [4.78, 5) is 25.4. The first kappa shape index (κ1) is 15.2. The third-order valence-electron chi connectivity index (χ3n) is 3.67. The van der Waals surface area contributed by atoms with E-state index in [2.05, 4.69) is 5.32 Å². The molecule has 118 valence electrons. The lowest BCUT2D eigenvalue weighted by Crippen LogP contribution is -2.39.